The summed E-state index contributed by atoms with van der Waals surface area (Å²) in [6, 6.07) is 0. The van der Waals surface area contributed by atoms with Crippen LogP contribution in [0.25, 0.3) is 0 Å². The van der Waals surface area contributed by atoms with E-state index in [-0.39, 0.29) is 5.91 Å². The Bertz CT molecular complexity index is 413. The summed E-state index contributed by atoms with van der Waals surface area (Å²) in [7, 11) is 0. The van der Waals surface area contributed by atoms with Gasteiger partial charge >= 0.3 is 0 Å². The molecule has 0 saturated carbocycles. The van der Waals surface area contributed by atoms with Crippen LogP contribution in [0.2, 0.25) is 0 Å². The molecule has 0 aromatic carbocycles. The molecule has 0 radical (unpaired) electrons. The molecule has 1 aliphatic rings. The van der Waals surface area contributed by atoms with Gasteiger partial charge in [0.1, 0.15) is 4.88 Å². The second-order valence-electron chi connectivity index (χ2n) is 5.23. The van der Waals surface area contributed by atoms with Crippen molar-refractivity contribution in [2.24, 2.45) is 5.92 Å². The standard InChI is InChI=1S/C14H23N3OS/c1-3-7-17(9-12-5-4-6-15-8-12)14(18)13-11(2)16-10-19-13/h10,12,15H,3-9H2,1-2H3. The summed E-state index contributed by atoms with van der Waals surface area (Å²) >= 11 is 1.46. The largest absolute Gasteiger partial charge is 0.338 e. The number of nitrogens with one attached hydrogen (secondary N) is 1. The molecule has 4 nitrogen and oxygen atoms in total. The molecule has 106 valence electrons. The Morgan fingerprint density at radius 2 is 2.47 bits per heavy atom. The van der Waals surface area contributed by atoms with Crippen LogP contribution in [-0.2, 0) is 0 Å². The van der Waals surface area contributed by atoms with Crippen molar-refractivity contribution < 1.29 is 4.79 Å². The van der Waals surface area contributed by atoms with Crippen molar-refractivity contribution >= 4 is 17.2 Å². The van der Waals surface area contributed by atoms with Gasteiger partial charge in [0.2, 0.25) is 0 Å². The Labute approximate surface area is 119 Å². The lowest BCUT2D eigenvalue weighted by Crippen LogP contribution is -2.41. The molecule has 0 bridgehead atoms. The molecule has 1 atom stereocenters. The van der Waals surface area contributed by atoms with Gasteiger partial charge in [-0.2, -0.15) is 0 Å². The Morgan fingerprint density at radius 1 is 1.63 bits per heavy atom. The van der Waals surface area contributed by atoms with E-state index in [1.807, 2.05) is 11.8 Å². The van der Waals surface area contributed by atoms with E-state index in [0.717, 1.165) is 43.2 Å². The molecular weight excluding hydrogens is 258 g/mol. The minimum absolute atomic E-state index is 0.160. The maximum absolute atomic E-state index is 12.6. The van der Waals surface area contributed by atoms with Crippen LogP contribution in [0.15, 0.2) is 5.51 Å². The molecule has 5 heteroatoms. The van der Waals surface area contributed by atoms with Crippen LogP contribution in [0, 0.1) is 12.8 Å². The number of nitrogens with zero attached hydrogens (tertiary/aromatic N) is 2. The third-order valence-corrected chi connectivity index (χ3v) is 4.51. The van der Waals surface area contributed by atoms with Crippen LogP contribution >= 0.6 is 11.3 Å². The monoisotopic (exact) mass is 281 g/mol. The fourth-order valence-corrected chi connectivity index (χ4v) is 3.36. The first kappa shape index (κ1) is 14.5. The molecule has 1 unspecified atom stereocenters. The summed E-state index contributed by atoms with van der Waals surface area (Å²) in [4.78, 5) is 19.6. The fraction of sp³-hybridized carbons (Fsp3) is 0.714. The van der Waals surface area contributed by atoms with Crippen molar-refractivity contribution in [3.8, 4) is 0 Å². The van der Waals surface area contributed by atoms with Crippen LogP contribution in [0.5, 0.6) is 0 Å². The third-order valence-electron chi connectivity index (χ3n) is 3.60. The van der Waals surface area contributed by atoms with Crippen LogP contribution in [-0.4, -0.2) is 42.0 Å². The summed E-state index contributed by atoms with van der Waals surface area (Å²) in [5, 5.41) is 3.42. The van der Waals surface area contributed by atoms with Gasteiger partial charge in [-0.25, -0.2) is 4.98 Å². The van der Waals surface area contributed by atoms with E-state index in [1.165, 1.54) is 24.2 Å². The number of amides is 1. The average molecular weight is 281 g/mol. The number of hydrogen-bond donors (Lipinski definition) is 1. The molecule has 1 N–H and O–H groups in total. The van der Waals surface area contributed by atoms with Crippen molar-refractivity contribution in [2.45, 2.75) is 33.1 Å². The normalized spacial score (nSPS) is 19.4. The van der Waals surface area contributed by atoms with Crippen molar-refractivity contribution in [1.29, 1.82) is 0 Å². The Morgan fingerprint density at radius 3 is 3.05 bits per heavy atom. The number of aryl methyl sites for hydroxylation is 1. The maximum Gasteiger partial charge on any atom is 0.265 e. The topological polar surface area (TPSA) is 45.2 Å². The molecule has 1 fully saturated rings. The first-order valence-corrected chi connectivity index (χ1v) is 8.00. The predicted molar refractivity (Wildman–Crippen MR) is 78.6 cm³/mol. The second-order valence-corrected chi connectivity index (χ2v) is 6.09. The van der Waals surface area contributed by atoms with Crippen molar-refractivity contribution in [3.05, 3.63) is 16.1 Å². The molecule has 0 spiro atoms. The number of piperidine rings is 1. The first-order chi connectivity index (χ1) is 9.22. The molecule has 2 rings (SSSR count). The molecule has 1 saturated heterocycles. The quantitative estimate of drug-likeness (QED) is 0.901. The van der Waals surface area contributed by atoms with E-state index in [2.05, 4.69) is 17.2 Å². The minimum Gasteiger partial charge on any atom is -0.338 e. The summed E-state index contributed by atoms with van der Waals surface area (Å²) < 4.78 is 0. The SMILES string of the molecule is CCCN(CC1CCCNC1)C(=O)c1scnc1C. The number of aromatic nitrogens is 1. The molecule has 1 aromatic heterocycles. The minimum atomic E-state index is 0.160. The Balaban J connectivity index is 2.02. The molecule has 1 aliphatic heterocycles. The van der Waals surface area contributed by atoms with E-state index >= 15 is 0 Å². The molecule has 0 aliphatic carbocycles. The number of rotatable bonds is 5. The van der Waals surface area contributed by atoms with Crippen LogP contribution in [0.1, 0.15) is 41.6 Å². The molecule has 1 amide bonds. The first-order valence-electron chi connectivity index (χ1n) is 7.12. The van der Waals surface area contributed by atoms with E-state index in [0.29, 0.717) is 5.92 Å². The van der Waals surface area contributed by atoms with Gasteiger partial charge in [0.15, 0.2) is 0 Å². The number of thiazole rings is 1. The van der Waals surface area contributed by atoms with Gasteiger partial charge < -0.3 is 10.2 Å². The summed E-state index contributed by atoms with van der Waals surface area (Å²) in [6.07, 6.45) is 3.45. The smallest absolute Gasteiger partial charge is 0.265 e. The van der Waals surface area contributed by atoms with Crippen LogP contribution < -0.4 is 5.32 Å². The van der Waals surface area contributed by atoms with E-state index < -0.39 is 0 Å². The van der Waals surface area contributed by atoms with Gasteiger partial charge in [-0.3, -0.25) is 4.79 Å². The zero-order valence-corrected chi connectivity index (χ0v) is 12.6. The zero-order chi connectivity index (χ0) is 13.7. The van der Waals surface area contributed by atoms with Gasteiger partial charge in [0.25, 0.3) is 5.91 Å². The number of carbonyl (C=O) groups excluding carboxylic acids is 1. The lowest BCUT2D eigenvalue weighted by atomic mass is 9.99. The van der Waals surface area contributed by atoms with Crippen molar-refractivity contribution in [3.63, 3.8) is 0 Å². The fourth-order valence-electron chi connectivity index (χ4n) is 2.59. The van der Waals surface area contributed by atoms with E-state index in [1.54, 1.807) is 5.51 Å². The molecule has 19 heavy (non-hydrogen) atoms. The van der Waals surface area contributed by atoms with Gasteiger partial charge in [0, 0.05) is 13.1 Å². The number of carbonyl (C=O) groups is 1. The highest BCUT2D eigenvalue weighted by Gasteiger charge is 2.23. The second kappa shape index (κ2) is 7.01. The van der Waals surface area contributed by atoms with Gasteiger partial charge in [-0.1, -0.05) is 6.92 Å². The van der Waals surface area contributed by atoms with Crippen LogP contribution in [0.3, 0.4) is 0 Å². The Kier molecular flexibility index (Phi) is 5.34. The summed E-state index contributed by atoms with van der Waals surface area (Å²) in [6.45, 7) is 7.90. The lowest BCUT2D eigenvalue weighted by Gasteiger charge is -2.30. The van der Waals surface area contributed by atoms with Gasteiger partial charge in [-0.05, 0) is 45.2 Å². The molecular formula is C14H23N3OS. The highest BCUT2D eigenvalue weighted by molar-refractivity contribution is 7.11. The Hall–Kier alpha value is -0.940. The average Bonchev–Trinajstić information content (AvgIpc) is 2.85. The highest BCUT2D eigenvalue weighted by atomic mass is 32.1. The maximum atomic E-state index is 12.6. The van der Waals surface area contributed by atoms with Crippen LogP contribution in [0.4, 0.5) is 0 Å². The van der Waals surface area contributed by atoms with Gasteiger partial charge in [-0.15, -0.1) is 11.3 Å². The van der Waals surface area contributed by atoms with E-state index in [4.69, 9.17) is 0 Å². The third kappa shape index (κ3) is 3.76. The summed E-state index contributed by atoms with van der Waals surface area (Å²) in [5.74, 6) is 0.755. The predicted octanol–water partition coefficient (Wildman–Crippen LogP) is 2.30. The van der Waals surface area contributed by atoms with Crippen molar-refractivity contribution in [1.82, 2.24) is 15.2 Å². The highest BCUT2D eigenvalue weighted by Crippen LogP contribution is 2.18. The van der Waals surface area contributed by atoms with E-state index in [9.17, 15) is 4.79 Å². The number of hydrogen-bond acceptors (Lipinski definition) is 4. The van der Waals surface area contributed by atoms with Gasteiger partial charge in [0.05, 0.1) is 11.2 Å². The lowest BCUT2D eigenvalue weighted by molar-refractivity contribution is 0.0722. The summed E-state index contributed by atoms with van der Waals surface area (Å²) in [5.41, 5.74) is 2.62. The van der Waals surface area contributed by atoms with Crippen molar-refractivity contribution in [2.75, 3.05) is 26.2 Å². The molecule has 2 heterocycles. The zero-order valence-electron chi connectivity index (χ0n) is 11.8. The molecule has 1 aromatic rings.